The summed E-state index contributed by atoms with van der Waals surface area (Å²) in [6, 6.07) is 11.5. The van der Waals surface area contributed by atoms with Crippen LogP contribution < -0.4 is 4.74 Å². The second-order valence-electron chi connectivity index (χ2n) is 8.37. The Morgan fingerprint density at radius 2 is 1.09 bits per heavy atom. The molecule has 1 nitrogen and oxygen atoms in total. The van der Waals surface area contributed by atoms with Crippen molar-refractivity contribution in [3.05, 3.63) is 54.1 Å². The van der Waals surface area contributed by atoms with Crippen molar-refractivity contribution in [2.24, 2.45) is 5.92 Å². The normalized spacial score (nSPS) is 20.5. The first kappa shape index (κ1) is 25.2. The molecule has 0 bridgehead atoms. The Morgan fingerprint density at radius 1 is 0.636 bits per heavy atom. The predicted molar refractivity (Wildman–Crippen MR) is 104 cm³/mol. The maximum atomic E-state index is 13.6. The Morgan fingerprint density at radius 3 is 1.55 bits per heavy atom. The lowest BCUT2D eigenvalue weighted by molar-refractivity contribution is -0.428. The van der Waals surface area contributed by atoms with Crippen molar-refractivity contribution in [3.8, 4) is 16.9 Å². The number of halogens is 9. The van der Waals surface area contributed by atoms with Gasteiger partial charge in [0.1, 0.15) is 5.75 Å². The number of alkyl halides is 9. The number of rotatable bonds is 6. The number of benzene rings is 2. The Hall–Kier alpha value is -2.39. The highest BCUT2D eigenvalue weighted by molar-refractivity contribution is 5.64. The topological polar surface area (TPSA) is 9.23 Å². The summed E-state index contributed by atoms with van der Waals surface area (Å²) in [5.74, 6) is -13.7. The quantitative estimate of drug-likeness (QED) is 0.374. The molecule has 0 aromatic heterocycles. The molecular formula is C23H21F9O. The van der Waals surface area contributed by atoms with Crippen LogP contribution in [0.15, 0.2) is 48.5 Å². The SMILES string of the molecule is CC1CCC(c2ccc(-c3ccc(OC(F)(F)C(F)(F)C(F)(F)C(F)(F)F)cc3)cc2)CC1. The molecular weight excluding hydrogens is 463 g/mol. The summed E-state index contributed by atoms with van der Waals surface area (Å²) in [7, 11) is 0. The van der Waals surface area contributed by atoms with Crippen molar-refractivity contribution in [2.75, 3.05) is 0 Å². The molecule has 1 aliphatic carbocycles. The fourth-order valence-corrected chi connectivity index (χ4v) is 3.83. The highest BCUT2D eigenvalue weighted by Gasteiger charge is 2.83. The summed E-state index contributed by atoms with van der Waals surface area (Å²) in [5.41, 5.74) is 2.33. The molecule has 0 radical (unpaired) electrons. The van der Waals surface area contributed by atoms with E-state index in [9.17, 15) is 39.5 Å². The molecule has 0 N–H and O–H groups in total. The summed E-state index contributed by atoms with van der Waals surface area (Å²) < 4.78 is 120. The molecule has 0 heterocycles. The molecule has 33 heavy (non-hydrogen) atoms. The molecule has 182 valence electrons. The highest BCUT2D eigenvalue weighted by Crippen LogP contribution is 2.53. The number of ether oxygens (including phenoxy) is 1. The van der Waals surface area contributed by atoms with E-state index in [2.05, 4.69) is 11.7 Å². The first-order valence-corrected chi connectivity index (χ1v) is 10.3. The average Bonchev–Trinajstić information content (AvgIpc) is 2.74. The van der Waals surface area contributed by atoms with Crippen molar-refractivity contribution in [2.45, 2.75) is 62.7 Å². The van der Waals surface area contributed by atoms with Gasteiger partial charge in [0.2, 0.25) is 0 Å². The van der Waals surface area contributed by atoms with Gasteiger partial charge < -0.3 is 4.74 Å². The first-order valence-electron chi connectivity index (χ1n) is 10.3. The van der Waals surface area contributed by atoms with Crippen LogP contribution >= 0.6 is 0 Å². The van der Waals surface area contributed by atoms with Gasteiger partial charge in [-0.25, -0.2) is 0 Å². The molecule has 0 spiro atoms. The summed E-state index contributed by atoms with van der Waals surface area (Å²) in [6.45, 7) is 2.21. The van der Waals surface area contributed by atoms with E-state index in [1.807, 2.05) is 12.1 Å². The van der Waals surface area contributed by atoms with Crippen LogP contribution in [0.25, 0.3) is 11.1 Å². The van der Waals surface area contributed by atoms with Crippen LogP contribution in [0.3, 0.4) is 0 Å². The van der Waals surface area contributed by atoms with Crippen LogP contribution in [0.4, 0.5) is 39.5 Å². The molecule has 0 amide bonds. The molecule has 1 aliphatic rings. The maximum Gasteiger partial charge on any atom is 0.471 e. The van der Waals surface area contributed by atoms with Gasteiger partial charge in [-0.15, -0.1) is 0 Å². The van der Waals surface area contributed by atoms with Crippen molar-refractivity contribution < 1.29 is 44.3 Å². The van der Waals surface area contributed by atoms with E-state index in [0.717, 1.165) is 43.4 Å². The fraction of sp³-hybridized carbons (Fsp3) is 0.478. The van der Waals surface area contributed by atoms with Gasteiger partial charge in [0.15, 0.2) is 0 Å². The molecule has 2 aromatic rings. The van der Waals surface area contributed by atoms with Crippen LogP contribution in [0.5, 0.6) is 5.75 Å². The van der Waals surface area contributed by atoms with Crippen LogP contribution in [0, 0.1) is 5.92 Å². The molecule has 1 fully saturated rings. The molecule has 0 atom stereocenters. The summed E-state index contributed by atoms with van der Waals surface area (Å²) in [5, 5.41) is 0. The van der Waals surface area contributed by atoms with Crippen molar-refractivity contribution >= 4 is 0 Å². The van der Waals surface area contributed by atoms with Gasteiger partial charge in [-0.05, 0) is 53.5 Å². The molecule has 3 rings (SSSR count). The Labute approximate surface area is 184 Å². The van der Waals surface area contributed by atoms with Crippen LogP contribution in [0.2, 0.25) is 0 Å². The molecule has 1 saturated carbocycles. The minimum Gasteiger partial charge on any atom is -0.428 e. The van der Waals surface area contributed by atoms with Crippen molar-refractivity contribution in [3.63, 3.8) is 0 Å². The van der Waals surface area contributed by atoms with Gasteiger partial charge in [0.25, 0.3) is 0 Å². The van der Waals surface area contributed by atoms with Crippen LogP contribution in [0.1, 0.15) is 44.1 Å². The zero-order valence-corrected chi connectivity index (χ0v) is 17.4. The lowest BCUT2D eigenvalue weighted by Gasteiger charge is -2.33. The molecule has 0 aliphatic heterocycles. The van der Waals surface area contributed by atoms with E-state index in [1.54, 1.807) is 12.1 Å². The van der Waals surface area contributed by atoms with Gasteiger partial charge in [-0.3, -0.25) is 0 Å². The third kappa shape index (κ3) is 4.94. The summed E-state index contributed by atoms with van der Waals surface area (Å²) in [4.78, 5) is 0. The van der Waals surface area contributed by atoms with E-state index in [1.165, 1.54) is 12.1 Å². The Kier molecular flexibility index (Phi) is 6.70. The average molecular weight is 484 g/mol. The summed E-state index contributed by atoms with van der Waals surface area (Å²) in [6.07, 6.45) is -8.56. The lowest BCUT2D eigenvalue weighted by Crippen LogP contribution is -2.62. The number of hydrogen-bond acceptors (Lipinski definition) is 1. The maximum absolute atomic E-state index is 13.6. The van der Waals surface area contributed by atoms with Crippen molar-refractivity contribution in [1.29, 1.82) is 0 Å². The Bertz CT molecular complexity index is 926. The lowest BCUT2D eigenvalue weighted by atomic mass is 9.79. The first-order chi connectivity index (χ1) is 15.2. The second kappa shape index (κ2) is 8.76. The second-order valence-corrected chi connectivity index (χ2v) is 8.37. The number of hydrogen-bond donors (Lipinski definition) is 0. The monoisotopic (exact) mass is 484 g/mol. The zero-order valence-electron chi connectivity index (χ0n) is 17.4. The van der Waals surface area contributed by atoms with E-state index in [-0.39, 0.29) is 0 Å². The van der Waals surface area contributed by atoms with Gasteiger partial charge >= 0.3 is 24.1 Å². The van der Waals surface area contributed by atoms with E-state index in [4.69, 9.17) is 0 Å². The largest absolute Gasteiger partial charge is 0.471 e. The standard InChI is InChI=1S/C23H21F9O/c1-14-2-4-15(5-3-14)16-6-8-17(9-7-16)18-10-12-19(13-11-18)33-23(31,32)21(26,27)20(24,25)22(28,29)30/h6-15H,2-5H2,1H3. The minimum absolute atomic E-state index is 0.449. The zero-order chi connectivity index (χ0) is 24.7. The molecule has 0 saturated heterocycles. The van der Waals surface area contributed by atoms with Gasteiger partial charge in [0.05, 0.1) is 0 Å². The van der Waals surface area contributed by atoms with E-state index >= 15 is 0 Å². The minimum atomic E-state index is -7.00. The predicted octanol–water partition coefficient (Wildman–Crippen LogP) is 8.45. The molecule has 10 heteroatoms. The van der Waals surface area contributed by atoms with E-state index in [0.29, 0.717) is 23.0 Å². The smallest absolute Gasteiger partial charge is 0.428 e. The molecule has 0 unspecified atom stereocenters. The summed E-state index contributed by atoms with van der Waals surface area (Å²) >= 11 is 0. The van der Waals surface area contributed by atoms with Crippen LogP contribution in [-0.4, -0.2) is 24.1 Å². The molecule has 2 aromatic carbocycles. The van der Waals surface area contributed by atoms with Crippen LogP contribution in [-0.2, 0) is 0 Å². The third-order valence-electron chi connectivity index (χ3n) is 5.95. The third-order valence-corrected chi connectivity index (χ3v) is 5.95. The van der Waals surface area contributed by atoms with Crippen molar-refractivity contribution in [1.82, 2.24) is 0 Å². The Balaban J connectivity index is 1.72. The van der Waals surface area contributed by atoms with Gasteiger partial charge in [0, 0.05) is 0 Å². The van der Waals surface area contributed by atoms with E-state index < -0.39 is 29.9 Å². The highest BCUT2D eigenvalue weighted by atomic mass is 19.4. The fourth-order valence-electron chi connectivity index (χ4n) is 3.83. The van der Waals surface area contributed by atoms with Gasteiger partial charge in [-0.1, -0.05) is 56.2 Å². The van der Waals surface area contributed by atoms with Gasteiger partial charge in [-0.2, -0.15) is 39.5 Å².